The van der Waals surface area contributed by atoms with Crippen LogP contribution in [0.1, 0.15) is 26.2 Å². The quantitative estimate of drug-likeness (QED) is 0.662. The highest BCUT2D eigenvalue weighted by molar-refractivity contribution is 7.86. The largest absolute Gasteiger partial charge is 0.469 e. The van der Waals surface area contributed by atoms with E-state index in [9.17, 15) is 13.2 Å². The second-order valence-corrected chi connectivity index (χ2v) is 6.59. The van der Waals surface area contributed by atoms with Gasteiger partial charge in [0.05, 0.1) is 13.0 Å². The summed E-state index contributed by atoms with van der Waals surface area (Å²) in [5.74, 6) is -0.659. The second-order valence-electron chi connectivity index (χ2n) is 4.55. The highest BCUT2D eigenvalue weighted by atomic mass is 32.2. The molecule has 1 fully saturated rings. The lowest BCUT2D eigenvalue weighted by Crippen LogP contribution is -2.41. The third-order valence-corrected chi connectivity index (χ3v) is 5.19. The number of hydrogen-bond donors (Lipinski definition) is 0. The molecule has 1 atom stereocenters. The predicted octanol–water partition coefficient (Wildman–Crippen LogP) is 0.458. The lowest BCUT2D eigenvalue weighted by Gasteiger charge is -2.23. The summed E-state index contributed by atoms with van der Waals surface area (Å²) in [7, 11) is -0.521. The Morgan fingerprint density at radius 2 is 2.17 bits per heavy atom. The molecule has 0 saturated carbocycles. The van der Waals surface area contributed by atoms with Crippen LogP contribution < -0.4 is 0 Å². The number of methoxy groups -OCH3 is 1. The fourth-order valence-corrected chi connectivity index (χ4v) is 3.45. The molecule has 1 saturated heterocycles. The van der Waals surface area contributed by atoms with Crippen LogP contribution in [0.4, 0.5) is 0 Å². The third-order valence-electron chi connectivity index (χ3n) is 3.23. The van der Waals surface area contributed by atoms with Crippen LogP contribution in [0.5, 0.6) is 0 Å². The monoisotopic (exact) mass is 278 g/mol. The summed E-state index contributed by atoms with van der Waals surface area (Å²) in [4.78, 5) is 11.4. The molecule has 1 rings (SSSR count). The fourth-order valence-electron chi connectivity index (χ4n) is 1.99. The molecular weight excluding hydrogens is 256 g/mol. The van der Waals surface area contributed by atoms with Gasteiger partial charge in [0, 0.05) is 26.7 Å². The molecule has 0 N–H and O–H groups in total. The van der Waals surface area contributed by atoms with E-state index < -0.39 is 10.2 Å². The van der Waals surface area contributed by atoms with E-state index in [4.69, 9.17) is 0 Å². The van der Waals surface area contributed by atoms with Crippen LogP contribution >= 0.6 is 0 Å². The Morgan fingerprint density at radius 3 is 2.72 bits per heavy atom. The van der Waals surface area contributed by atoms with Gasteiger partial charge >= 0.3 is 5.97 Å². The Bertz CT molecular complexity index is 383. The second kappa shape index (κ2) is 6.49. The SMILES string of the molecule is CCCCN(C)S(=O)(=O)N1CCC(C(=O)OC)C1. The van der Waals surface area contributed by atoms with Crippen LogP contribution in [0.2, 0.25) is 0 Å². The molecule has 0 aromatic carbocycles. The van der Waals surface area contributed by atoms with Gasteiger partial charge in [-0.2, -0.15) is 17.0 Å². The number of nitrogens with zero attached hydrogens (tertiary/aromatic N) is 2. The third kappa shape index (κ3) is 3.43. The number of unbranched alkanes of at least 4 members (excludes halogenated alkanes) is 1. The van der Waals surface area contributed by atoms with Crippen molar-refractivity contribution in [3.63, 3.8) is 0 Å². The molecule has 0 radical (unpaired) electrons. The molecule has 0 spiro atoms. The van der Waals surface area contributed by atoms with E-state index in [0.29, 0.717) is 19.5 Å². The molecule has 7 heteroatoms. The molecular formula is C11H22N2O4S. The van der Waals surface area contributed by atoms with E-state index >= 15 is 0 Å². The summed E-state index contributed by atoms with van der Waals surface area (Å²) in [6, 6.07) is 0. The Labute approximate surface area is 109 Å². The molecule has 0 amide bonds. The van der Waals surface area contributed by atoms with Crippen molar-refractivity contribution >= 4 is 16.2 Å². The maximum absolute atomic E-state index is 12.2. The smallest absolute Gasteiger partial charge is 0.310 e. The van der Waals surface area contributed by atoms with Gasteiger partial charge in [-0.05, 0) is 12.8 Å². The van der Waals surface area contributed by atoms with Crippen molar-refractivity contribution in [3.05, 3.63) is 0 Å². The lowest BCUT2D eigenvalue weighted by molar-refractivity contribution is -0.144. The molecule has 0 aromatic heterocycles. The molecule has 0 aliphatic carbocycles. The van der Waals surface area contributed by atoms with Crippen molar-refractivity contribution in [3.8, 4) is 0 Å². The maximum Gasteiger partial charge on any atom is 0.310 e. The van der Waals surface area contributed by atoms with Gasteiger partial charge in [-0.15, -0.1) is 0 Å². The van der Waals surface area contributed by atoms with Gasteiger partial charge in [0.15, 0.2) is 0 Å². The van der Waals surface area contributed by atoms with Gasteiger partial charge in [0.1, 0.15) is 0 Å². The summed E-state index contributed by atoms with van der Waals surface area (Å²) < 4.78 is 31.8. The van der Waals surface area contributed by atoms with E-state index in [2.05, 4.69) is 4.74 Å². The molecule has 1 unspecified atom stereocenters. The van der Waals surface area contributed by atoms with Gasteiger partial charge in [-0.25, -0.2) is 0 Å². The zero-order valence-corrected chi connectivity index (χ0v) is 12.1. The minimum Gasteiger partial charge on any atom is -0.469 e. The van der Waals surface area contributed by atoms with Crippen molar-refractivity contribution in [2.45, 2.75) is 26.2 Å². The van der Waals surface area contributed by atoms with Crippen LogP contribution in [0, 0.1) is 5.92 Å². The average Bonchev–Trinajstić information content (AvgIpc) is 2.84. The Balaban J connectivity index is 2.62. The fraction of sp³-hybridized carbons (Fsp3) is 0.909. The zero-order chi connectivity index (χ0) is 13.8. The Kier molecular flexibility index (Phi) is 5.55. The molecule has 0 aromatic rings. The molecule has 0 bridgehead atoms. The molecule has 1 aliphatic heterocycles. The van der Waals surface area contributed by atoms with Crippen LogP contribution in [0.3, 0.4) is 0 Å². The molecule has 18 heavy (non-hydrogen) atoms. The average molecular weight is 278 g/mol. The molecule has 106 valence electrons. The first-order valence-electron chi connectivity index (χ1n) is 6.22. The van der Waals surface area contributed by atoms with E-state index in [1.54, 1.807) is 7.05 Å². The maximum atomic E-state index is 12.2. The summed E-state index contributed by atoms with van der Waals surface area (Å²) in [6.07, 6.45) is 2.32. The Morgan fingerprint density at radius 1 is 1.50 bits per heavy atom. The standard InChI is InChI=1S/C11H22N2O4S/c1-4-5-7-12(2)18(15,16)13-8-6-10(9-13)11(14)17-3/h10H,4-9H2,1-3H3. The highest BCUT2D eigenvalue weighted by Crippen LogP contribution is 2.22. The number of carbonyl (C=O) groups is 1. The highest BCUT2D eigenvalue weighted by Gasteiger charge is 2.37. The minimum absolute atomic E-state index is 0.228. The number of esters is 1. The van der Waals surface area contributed by atoms with Crippen molar-refractivity contribution in [1.82, 2.24) is 8.61 Å². The number of hydrogen-bond acceptors (Lipinski definition) is 4. The van der Waals surface area contributed by atoms with Gasteiger partial charge in [0.2, 0.25) is 0 Å². The van der Waals surface area contributed by atoms with Crippen molar-refractivity contribution < 1.29 is 17.9 Å². The van der Waals surface area contributed by atoms with Gasteiger partial charge in [0.25, 0.3) is 10.2 Å². The lowest BCUT2D eigenvalue weighted by atomic mass is 10.1. The van der Waals surface area contributed by atoms with Crippen molar-refractivity contribution in [2.75, 3.05) is 33.8 Å². The van der Waals surface area contributed by atoms with E-state index in [1.165, 1.54) is 15.7 Å². The van der Waals surface area contributed by atoms with Gasteiger partial charge in [-0.1, -0.05) is 13.3 Å². The first kappa shape index (κ1) is 15.4. The summed E-state index contributed by atoms with van der Waals surface area (Å²) in [5, 5.41) is 0. The van der Waals surface area contributed by atoms with Crippen LogP contribution in [0.15, 0.2) is 0 Å². The summed E-state index contributed by atoms with van der Waals surface area (Å²) in [6.45, 7) is 3.14. The van der Waals surface area contributed by atoms with E-state index in [-0.39, 0.29) is 18.4 Å². The predicted molar refractivity (Wildman–Crippen MR) is 68.2 cm³/mol. The van der Waals surface area contributed by atoms with Gasteiger partial charge in [-0.3, -0.25) is 4.79 Å². The minimum atomic E-state index is -3.43. The topological polar surface area (TPSA) is 66.9 Å². The van der Waals surface area contributed by atoms with Crippen molar-refractivity contribution in [2.24, 2.45) is 5.92 Å². The first-order valence-corrected chi connectivity index (χ1v) is 7.62. The van der Waals surface area contributed by atoms with Crippen LogP contribution in [-0.2, 0) is 19.7 Å². The molecule has 1 aliphatic rings. The normalized spacial score (nSPS) is 21.4. The molecule has 6 nitrogen and oxygen atoms in total. The number of carbonyl (C=O) groups excluding carboxylic acids is 1. The van der Waals surface area contributed by atoms with Crippen molar-refractivity contribution in [1.29, 1.82) is 0 Å². The Hall–Kier alpha value is -0.660. The van der Waals surface area contributed by atoms with Crippen LogP contribution in [0.25, 0.3) is 0 Å². The van der Waals surface area contributed by atoms with E-state index in [0.717, 1.165) is 12.8 Å². The molecule has 1 heterocycles. The van der Waals surface area contributed by atoms with Crippen LogP contribution in [-0.4, -0.2) is 56.8 Å². The van der Waals surface area contributed by atoms with Gasteiger partial charge < -0.3 is 4.74 Å². The first-order chi connectivity index (χ1) is 8.43. The van der Waals surface area contributed by atoms with E-state index in [1.807, 2.05) is 6.92 Å². The summed E-state index contributed by atoms with van der Waals surface area (Å²) in [5.41, 5.74) is 0. The zero-order valence-electron chi connectivity index (χ0n) is 11.3. The number of ether oxygens (including phenoxy) is 1. The number of rotatable bonds is 6. The summed E-state index contributed by atoms with van der Waals surface area (Å²) >= 11 is 0.